The van der Waals surface area contributed by atoms with Crippen molar-refractivity contribution in [2.45, 2.75) is 0 Å². The number of hydrogen-bond donors (Lipinski definition) is 3. The molecular formula is C18H15ClN6O2. The lowest BCUT2D eigenvalue weighted by Gasteiger charge is -2.16. The van der Waals surface area contributed by atoms with E-state index in [0.29, 0.717) is 35.2 Å². The van der Waals surface area contributed by atoms with Crippen LogP contribution in [0.1, 0.15) is 10.4 Å². The molecule has 27 heavy (non-hydrogen) atoms. The Bertz CT molecular complexity index is 1000. The highest BCUT2D eigenvalue weighted by atomic mass is 35.5. The molecule has 1 aliphatic heterocycles. The van der Waals surface area contributed by atoms with Crippen LogP contribution in [0.5, 0.6) is 0 Å². The fourth-order valence-electron chi connectivity index (χ4n) is 2.81. The van der Waals surface area contributed by atoms with Gasteiger partial charge in [-0.3, -0.25) is 19.8 Å². The molecule has 1 fully saturated rings. The van der Waals surface area contributed by atoms with Crippen molar-refractivity contribution in [1.82, 2.24) is 20.5 Å². The molecule has 4 rings (SSSR count). The Labute approximate surface area is 159 Å². The lowest BCUT2D eigenvalue weighted by atomic mass is 10.1. The summed E-state index contributed by atoms with van der Waals surface area (Å²) in [6, 6.07) is 9.99. The molecule has 2 aromatic heterocycles. The number of rotatable bonds is 4. The highest BCUT2D eigenvalue weighted by molar-refractivity contribution is 6.34. The van der Waals surface area contributed by atoms with E-state index in [2.05, 4.69) is 25.8 Å². The minimum absolute atomic E-state index is 0.233. The van der Waals surface area contributed by atoms with Crippen LogP contribution in [-0.2, 0) is 0 Å². The van der Waals surface area contributed by atoms with Gasteiger partial charge >= 0.3 is 6.03 Å². The molecule has 0 unspecified atom stereocenters. The predicted octanol–water partition coefficient (Wildman–Crippen LogP) is 2.91. The van der Waals surface area contributed by atoms with E-state index < -0.39 is 0 Å². The number of H-pyrrole nitrogens is 1. The molecule has 0 aliphatic carbocycles. The number of nitrogens with one attached hydrogen (secondary N) is 3. The topological polar surface area (TPSA) is 103 Å². The number of anilines is 2. The van der Waals surface area contributed by atoms with E-state index in [9.17, 15) is 9.59 Å². The van der Waals surface area contributed by atoms with Crippen molar-refractivity contribution in [2.75, 3.05) is 23.3 Å². The van der Waals surface area contributed by atoms with E-state index in [0.717, 1.165) is 11.3 Å². The minimum Gasteiger partial charge on any atom is -0.336 e. The fourth-order valence-corrected chi connectivity index (χ4v) is 3.03. The van der Waals surface area contributed by atoms with Crippen molar-refractivity contribution in [3.8, 4) is 11.3 Å². The summed E-state index contributed by atoms with van der Waals surface area (Å²) in [5.41, 5.74) is 2.47. The second kappa shape index (κ2) is 7.08. The molecule has 3 aromatic rings. The number of urea groups is 1. The number of carbonyl (C=O) groups is 2. The highest BCUT2D eigenvalue weighted by Crippen LogP contribution is 2.28. The second-order valence-corrected chi connectivity index (χ2v) is 6.32. The highest BCUT2D eigenvalue weighted by Gasteiger charge is 2.24. The standard InChI is InChI=1S/C18H15ClN6O2/c19-13-4-3-11(8-15(13)25-7-6-21-18(25)27)17(26)22-16-9-14(23-24-16)12-2-1-5-20-10-12/h1-5,8-10H,6-7H2,(H,21,27)(H2,22,23,24,26). The Morgan fingerprint density at radius 2 is 2.15 bits per heavy atom. The Balaban J connectivity index is 1.54. The second-order valence-electron chi connectivity index (χ2n) is 5.91. The Morgan fingerprint density at radius 1 is 1.26 bits per heavy atom. The molecule has 3 heterocycles. The lowest BCUT2D eigenvalue weighted by Crippen LogP contribution is -2.28. The number of carbonyl (C=O) groups excluding carboxylic acids is 2. The van der Waals surface area contributed by atoms with Crippen LogP contribution in [0.4, 0.5) is 16.3 Å². The maximum Gasteiger partial charge on any atom is 0.322 e. The van der Waals surface area contributed by atoms with Gasteiger partial charge in [-0.1, -0.05) is 11.6 Å². The quantitative estimate of drug-likeness (QED) is 0.645. The van der Waals surface area contributed by atoms with Gasteiger partial charge in [0.2, 0.25) is 0 Å². The normalized spacial score (nSPS) is 13.5. The van der Waals surface area contributed by atoms with Crippen LogP contribution >= 0.6 is 11.6 Å². The third-order valence-electron chi connectivity index (χ3n) is 4.15. The Hall–Kier alpha value is -3.39. The summed E-state index contributed by atoms with van der Waals surface area (Å²) < 4.78 is 0. The van der Waals surface area contributed by atoms with Crippen LogP contribution < -0.4 is 15.5 Å². The van der Waals surface area contributed by atoms with Gasteiger partial charge in [0.1, 0.15) is 0 Å². The van der Waals surface area contributed by atoms with Crippen molar-refractivity contribution in [1.29, 1.82) is 0 Å². The first kappa shape index (κ1) is 17.0. The molecule has 0 bridgehead atoms. The van der Waals surface area contributed by atoms with Crippen molar-refractivity contribution in [3.63, 3.8) is 0 Å². The maximum atomic E-state index is 12.6. The van der Waals surface area contributed by atoms with Gasteiger partial charge < -0.3 is 10.6 Å². The van der Waals surface area contributed by atoms with Gasteiger partial charge in [0.15, 0.2) is 5.82 Å². The molecule has 1 aliphatic rings. The summed E-state index contributed by atoms with van der Waals surface area (Å²) in [6.07, 6.45) is 3.38. The molecule has 8 nitrogen and oxygen atoms in total. The van der Waals surface area contributed by atoms with Crippen LogP contribution in [0.3, 0.4) is 0 Å². The van der Waals surface area contributed by atoms with Crippen LogP contribution in [0.15, 0.2) is 48.8 Å². The number of halogens is 1. The van der Waals surface area contributed by atoms with Gasteiger partial charge in [-0.05, 0) is 30.3 Å². The van der Waals surface area contributed by atoms with E-state index in [-0.39, 0.29) is 11.9 Å². The zero-order valence-corrected chi connectivity index (χ0v) is 14.8. The van der Waals surface area contributed by atoms with Crippen LogP contribution in [-0.4, -0.2) is 40.2 Å². The largest absolute Gasteiger partial charge is 0.336 e. The summed E-state index contributed by atoms with van der Waals surface area (Å²) >= 11 is 6.20. The number of pyridine rings is 1. The summed E-state index contributed by atoms with van der Waals surface area (Å²) in [6.45, 7) is 1.04. The van der Waals surface area contributed by atoms with Crippen molar-refractivity contribution in [3.05, 3.63) is 59.4 Å². The van der Waals surface area contributed by atoms with Gasteiger partial charge in [-0.2, -0.15) is 5.10 Å². The third-order valence-corrected chi connectivity index (χ3v) is 4.47. The Kier molecular flexibility index (Phi) is 4.47. The van der Waals surface area contributed by atoms with Crippen molar-refractivity contribution in [2.24, 2.45) is 0 Å². The molecule has 0 spiro atoms. The molecule has 136 valence electrons. The fraction of sp³-hybridized carbons (Fsp3) is 0.111. The monoisotopic (exact) mass is 382 g/mol. The molecule has 0 atom stereocenters. The van der Waals surface area contributed by atoms with Gasteiger partial charge in [0, 0.05) is 42.7 Å². The molecule has 3 amide bonds. The molecule has 3 N–H and O–H groups in total. The van der Waals surface area contributed by atoms with E-state index in [1.807, 2.05) is 12.1 Å². The van der Waals surface area contributed by atoms with Gasteiger partial charge in [0.05, 0.1) is 16.4 Å². The van der Waals surface area contributed by atoms with E-state index in [1.54, 1.807) is 36.7 Å². The smallest absolute Gasteiger partial charge is 0.322 e. The average Bonchev–Trinajstić information content (AvgIpc) is 3.32. The van der Waals surface area contributed by atoms with Crippen LogP contribution in [0.2, 0.25) is 5.02 Å². The first-order valence-corrected chi connectivity index (χ1v) is 8.62. The van der Waals surface area contributed by atoms with E-state index in [4.69, 9.17) is 11.6 Å². The minimum atomic E-state index is -0.350. The lowest BCUT2D eigenvalue weighted by molar-refractivity contribution is 0.102. The number of benzene rings is 1. The Morgan fingerprint density at radius 3 is 2.89 bits per heavy atom. The third kappa shape index (κ3) is 3.47. The molecule has 9 heteroatoms. The first-order chi connectivity index (χ1) is 13.1. The van der Waals surface area contributed by atoms with Crippen LogP contribution in [0.25, 0.3) is 11.3 Å². The average molecular weight is 383 g/mol. The predicted molar refractivity (Wildman–Crippen MR) is 102 cm³/mol. The number of hydrogen-bond acceptors (Lipinski definition) is 4. The van der Waals surface area contributed by atoms with E-state index in [1.165, 1.54) is 4.90 Å². The van der Waals surface area contributed by atoms with Gasteiger partial charge in [-0.25, -0.2) is 4.79 Å². The molecule has 0 radical (unpaired) electrons. The molecular weight excluding hydrogens is 368 g/mol. The van der Waals surface area contributed by atoms with Gasteiger partial charge in [-0.15, -0.1) is 0 Å². The zero-order chi connectivity index (χ0) is 18.8. The summed E-state index contributed by atoms with van der Waals surface area (Å²) in [5, 5.41) is 12.8. The number of aromatic amines is 1. The summed E-state index contributed by atoms with van der Waals surface area (Å²) in [4.78, 5) is 30.0. The SMILES string of the molecule is O=C(Nc1cc(-c2cccnc2)[nH]n1)c1ccc(Cl)c(N2CCNC2=O)c1. The number of aromatic nitrogens is 3. The summed E-state index contributed by atoms with van der Waals surface area (Å²) in [5.74, 6) is 0.0334. The molecule has 0 saturated carbocycles. The first-order valence-electron chi connectivity index (χ1n) is 8.24. The maximum absolute atomic E-state index is 12.6. The molecule has 1 aromatic carbocycles. The summed E-state index contributed by atoms with van der Waals surface area (Å²) in [7, 11) is 0. The van der Waals surface area contributed by atoms with E-state index >= 15 is 0 Å². The van der Waals surface area contributed by atoms with Gasteiger partial charge in [0.25, 0.3) is 5.91 Å². The zero-order valence-electron chi connectivity index (χ0n) is 14.1. The molecule has 1 saturated heterocycles. The van der Waals surface area contributed by atoms with Crippen LogP contribution in [0, 0.1) is 0 Å². The number of nitrogens with zero attached hydrogens (tertiary/aromatic N) is 3. The number of amides is 3. The van der Waals surface area contributed by atoms with Crippen molar-refractivity contribution < 1.29 is 9.59 Å². The van der Waals surface area contributed by atoms with Crippen molar-refractivity contribution >= 4 is 35.0 Å².